The standard InChI is InChI=1S/C9H11BrN2O/c1-2-9(13)4-3-8(9)12-6-7(10)5-11-12/h2,5-6,8,13H,1,3-4H2/t8-,9-/m1/s1. The van der Waals surface area contributed by atoms with Gasteiger partial charge in [-0.15, -0.1) is 6.58 Å². The summed E-state index contributed by atoms with van der Waals surface area (Å²) in [6.45, 7) is 3.63. The molecule has 0 saturated heterocycles. The van der Waals surface area contributed by atoms with Gasteiger partial charge in [-0.05, 0) is 28.8 Å². The Kier molecular flexibility index (Phi) is 2.04. The first-order valence-corrected chi connectivity index (χ1v) is 5.00. The molecule has 4 heteroatoms. The molecule has 0 radical (unpaired) electrons. The quantitative estimate of drug-likeness (QED) is 0.805. The molecule has 2 atom stereocenters. The highest BCUT2D eigenvalue weighted by Crippen LogP contribution is 2.42. The van der Waals surface area contributed by atoms with E-state index in [0.29, 0.717) is 0 Å². The Hall–Kier alpha value is -0.610. The molecular weight excluding hydrogens is 232 g/mol. The van der Waals surface area contributed by atoms with Gasteiger partial charge in [0.1, 0.15) is 5.60 Å². The molecule has 0 unspecified atom stereocenters. The van der Waals surface area contributed by atoms with Gasteiger partial charge in [-0.2, -0.15) is 5.10 Å². The van der Waals surface area contributed by atoms with Crippen LogP contribution in [-0.4, -0.2) is 20.5 Å². The van der Waals surface area contributed by atoms with Crippen LogP contribution in [0.5, 0.6) is 0 Å². The number of nitrogens with zero attached hydrogens (tertiary/aromatic N) is 2. The van der Waals surface area contributed by atoms with Gasteiger partial charge >= 0.3 is 0 Å². The molecule has 0 amide bonds. The molecule has 0 aliphatic heterocycles. The SMILES string of the molecule is C=C[C@@]1(O)CC[C@H]1n1cc(Br)cn1. The Morgan fingerprint density at radius 1 is 1.85 bits per heavy atom. The minimum absolute atomic E-state index is 0.0521. The molecular formula is C9H11BrN2O. The van der Waals surface area contributed by atoms with E-state index in [1.54, 1.807) is 17.0 Å². The third kappa shape index (κ3) is 1.34. The van der Waals surface area contributed by atoms with E-state index >= 15 is 0 Å². The summed E-state index contributed by atoms with van der Waals surface area (Å²) in [5.74, 6) is 0. The Morgan fingerprint density at radius 2 is 2.62 bits per heavy atom. The predicted molar refractivity (Wildman–Crippen MR) is 53.3 cm³/mol. The lowest BCUT2D eigenvalue weighted by atomic mass is 9.75. The van der Waals surface area contributed by atoms with Crippen molar-refractivity contribution in [2.24, 2.45) is 0 Å². The van der Waals surface area contributed by atoms with Gasteiger partial charge in [0, 0.05) is 6.20 Å². The molecule has 1 saturated carbocycles. The van der Waals surface area contributed by atoms with E-state index < -0.39 is 5.60 Å². The summed E-state index contributed by atoms with van der Waals surface area (Å²) in [6, 6.07) is 0.0521. The van der Waals surface area contributed by atoms with Crippen molar-refractivity contribution < 1.29 is 5.11 Å². The highest BCUT2D eigenvalue weighted by molar-refractivity contribution is 9.10. The van der Waals surface area contributed by atoms with Gasteiger partial charge in [0.25, 0.3) is 0 Å². The molecule has 1 aromatic heterocycles. The zero-order chi connectivity index (χ0) is 9.47. The van der Waals surface area contributed by atoms with Gasteiger partial charge in [0.05, 0.1) is 16.7 Å². The topological polar surface area (TPSA) is 38.0 Å². The van der Waals surface area contributed by atoms with Gasteiger partial charge in [0.2, 0.25) is 0 Å². The molecule has 1 heterocycles. The van der Waals surface area contributed by atoms with E-state index in [1.807, 2.05) is 6.20 Å². The molecule has 1 fully saturated rings. The molecule has 1 aliphatic rings. The first-order valence-electron chi connectivity index (χ1n) is 4.21. The minimum Gasteiger partial charge on any atom is -0.384 e. The average molecular weight is 243 g/mol. The van der Waals surface area contributed by atoms with Gasteiger partial charge in [-0.3, -0.25) is 4.68 Å². The smallest absolute Gasteiger partial charge is 0.105 e. The average Bonchev–Trinajstić information content (AvgIpc) is 2.48. The van der Waals surface area contributed by atoms with Gasteiger partial charge in [-0.1, -0.05) is 6.08 Å². The third-order valence-corrected chi connectivity index (χ3v) is 3.05. The van der Waals surface area contributed by atoms with Crippen LogP contribution in [0, 0.1) is 0 Å². The predicted octanol–water partition coefficient (Wildman–Crippen LogP) is 1.90. The number of rotatable bonds is 2. The van der Waals surface area contributed by atoms with Crippen molar-refractivity contribution in [1.82, 2.24) is 9.78 Å². The maximum atomic E-state index is 9.95. The van der Waals surface area contributed by atoms with Crippen LogP contribution in [0.1, 0.15) is 18.9 Å². The lowest BCUT2D eigenvalue weighted by molar-refractivity contribution is -0.0476. The maximum Gasteiger partial charge on any atom is 0.105 e. The Balaban J connectivity index is 2.23. The highest BCUT2D eigenvalue weighted by Gasteiger charge is 2.44. The Bertz CT molecular complexity index is 336. The van der Waals surface area contributed by atoms with E-state index in [9.17, 15) is 5.11 Å². The molecule has 0 bridgehead atoms. The van der Waals surface area contributed by atoms with Crippen molar-refractivity contribution in [2.75, 3.05) is 0 Å². The Labute approximate surface area is 85.2 Å². The Morgan fingerprint density at radius 3 is 3.00 bits per heavy atom. The van der Waals surface area contributed by atoms with E-state index in [1.165, 1.54) is 0 Å². The molecule has 13 heavy (non-hydrogen) atoms. The van der Waals surface area contributed by atoms with E-state index in [4.69, 9.17) is 0 Å². The summed E-state index contributed by atoms with van der Waals surface area (Å²) >= 11 is 3.32. The van der Waals surface area contributed by atoms with Crippen molar-refractivity contribution in [1.29, 1.82) is 0 Å². The van der Waals surface area contributed by atoms with E-state index in [-0.39, 0.29) is 6.04 Å². The summed E-state index contributed by atoms with van der Waals surface area (Å²) in [5.41, 5.74) is -0.758. The second-order valence-corrected chi connectivity index (χ2v) is 4.30. The van der Waals surface area contributed by atoms with Crippen LogP contribution in [0.3, 0.4) is 0 Å². The van der Waals surface area contributed by atoms with Crippen molar-refractivity contribution in [3.05, 3.63) is 29.5 Å². The van der Waals surface area contributed by atoms with Crippen LogP contribution in [0.2, 0.25) is 0 Å². The summed E-state index contributed by atoms with van der Waals surface area (Å²) in [6.07, 6.45) is 6.94. The summed E-state index contributed by atoms with van der Waals surface area (Å²) in [5, 5.41) is 14.1. The second-order valence-electron chi connectivity index (χ2n) is 3.39. The van der Waals surface area contributed by atoms with Crippen LogP contribution in [0.25, 0.3) is 0 Å². The summed E-state index contributed by atoms with van der Waals surface area (Å²) in [7, 11) is 0. The number of hydrogen-bond donors (Lipinski definition) is 1. The lowest BCUT2D eigenvalue weighted by Crippen LogP contribution is -2.46. The largest absolute Gasteiger partial charge is 0.384 e. The van der Waals surface area contributed by atoms with Gasteiger partial charge in [-0.25, -0.2) is 0 Å². The van der Waals surface area contributed by atoms with Crippen molar-refractivity contribution in [3.8, 4) is 0 Å². The normalized spacial score (nSPS) is 32.6. The zero-order valence-electron chi connectivity index (χ0n) is 7.15. The molecule has 0 aromatic carbocycles. The maximum absolute atomic E-state index is 9.95. The van der Waals surface area contributed by atoms with Gasteiger partial charge in [0.15, 0.2) is 0 Å². The first kappa shape index (κ1) is 8.97. The molecule has 2 rings (SSSR count). The number of aliphatic hydroxyl groups is 1. The van der Waals surface area contributed by atoms with Gasteiger partial charge < -0.3 is 5.11 Å². The minimum atomic E-state index is -0.758. The van der Waals surface area contributed by atoms with Crippen LogP contribution < -0.4 is 0 Å². The summed E-state index contributed by atoms with van der Waals surface area (Å²) in [4.78, 5) is 0. The number of hydrogen-bond acceptors (Lipinski definition) is 2. The molecule has 0 spiro atoms. The van der Waals surface area contributed by atoms with Crippen molar-refractivity contribution in [3.63, 3.8) is 0 Å². The van der Waals surface area contributed by atoms with Crippen LogP contribution >= 0.6 is 15.9 Å². The fourth-order valence-electron chi connectivity index (χ4n) is 1.65. The highest BCUT2D eigenvalue weighted by atomic mass is 79.9. The summed E-state index contributed by atoms with van der Waals surface area (Å²) < 4.78 is 2.72. The molecule has 70 valence electrons. The molecule has 1 N–H and O–H groups in total. The third-order valence-electron chi connectivity index (χ3n) is 2.64. The number of aromatic nitrogens is 2. The zero-order valence-corrected chi connectivity index (χ0v) is 8.74. The van der Waals surface area contributed by atoms with E-state index in [2.05, 4.69) is 27.6 Å². The fourth-order valence-corrected chi connectivity index (χ4v) is 1.96. The van der Waals surface area contributed by atoms with Crippen molar-refractivity contribution in [2.45, 2.75) is 24.5 Å². The van der Waals surface area contributed by atoms with E-state index in [0.717, 1.165) is 17.3 Å². The number of halogens is 1. The van der Waals surface area contributed by atoms with Crippen LogP contribution in [-0.2, 0) is 0 Å². The lowest BCUT2D eigenvalue weighted by Gasteiger charge is -2.43. The van der Waals surface area contributed by atoms with Crippen molar-refractivity contribution >= 4 is 15.9 Å². The first-order chi connectivity index (χ1) is 6.15. The second kappa shape index (κ2) is 2.96. The molecule has 3 nitrogen and oxygen atoms in total. The monoisotopic (exact) mass is 242 g/mol. The molecule has 1 aromatic rings. The molecule has 1 aliphatic carbocycles. The van der Waals surface area contributed by atoms with Crippen LogP contribution in [0.4, 0.5) is 0 Å². The van der Waals surface area contributed by atoms with Crippen LogP contribution in [0.15, 0.2) is 29.5 Å². The fraction of sp³-hybridized carbons (Fsp3) is 0.444.